The fraction of sp³-hybridized carbons (Fsp3) is 0.533. The number of halogens is 1. The Hall–Kier alpha value is -1.43. The maximum absolute atomic E-state index is 14.1. The van der Waals surface area contributed by atoms with E-state index in [1.807, 2.05) is 0 Å². The Morgan fingerprint density at radius 1 is 1.43 bits per heavy atom. The molecule has 0 aliphatic heterocycles. The summed E-state index contributed by atoms with van der Waals surface area (Å²) in [6.07, 6.45) is 6.54. The minimum Gasteiger partial charge on any atom is -0.465 e. The quantitative estimate of drug-likeness (QED) is 0.660. The molecule has 0 radical (unpaired) electrons. The predicted molar refractivity (Wildman–Crippen MR) is 85.3 cm³/mol. The van der Waals surface area contributed by atoms with Crippen molar-refractivity contribution in [3.05, 3.63) is 23.5 Å². The summed E-state index contributed by atoms with van der Waals surface area (Å²) in [5, 5.41) is 3.69. The molecule has 1 aliphatic rings. The van der Waals surface area contributed by atoms with Crippen LogP contribution in [0.5, 0.6) is 0 Å². The van der Waals surface area contributed by atoms with Gasteiger partial charge in [0.25, 0.3) is 0 Å². The SMILES string of the molecule is COC(=O)c1cc(NC2CCCCC2SC)c(F)cc1N. The summed E-state index contributed by atoms with van der Waals surface area (Å²) in [5.41, 5.74) is 6.28. The van der Waals surface area contributed by atoms with Gasteiger partial charge in [0.15, 0.2) is 0 Å². The van der Waals surface area contributed by atoms with Crippen LogP contribution in [0.3, 0.4) is 0 Å². The molecule has 116 valence electrons. The molecule has 0 aromatic heterocycles. The topological polar surface area (TPSA) is 64.3 Å². The first-order chi connectivity index (χ1) is 10.1. The lowest BCUT2D eigenvalue weighted by Gasteiger charge is -2.32. The van der Waals surface area contributed by atoms with E-state index in [1.165, 1.54) is 25.7 Å². The fourth-order valence-corrected chi connectivity index (χ4v) is 3.66. The predicted octanol–water partition coefficient (Wildman–Crippen LogP) is 3.28. The van der Waals surface area contributed by atoms with Gasteiger partial charge in [-0.25, -0.2) is 9.18 Å². The summed E-state index contributed by atoms with van der Waals surface area (Å²) in [6.45, 7) is 0. The van der Waals surface area contributed by atoms with Gasteiger partial charge in [-0.2, -0.15) is 11.8 Å². The molecule has 6 heteroatoms. The summed E-state index contributed by atoms with van der Waals surface area (Å²) in [6, 6.07) is 2.82. The number of carbonyl (C=O) groups is 1. The van der Waals surface area contributed by atoms with E-state index in [9.17, 15) is 9.18 Å². The van der Waals surface area contributed by atoms with E-state index in [2.05, 4.69) is 16.3 Å². The summed E-state index contributed by atoms with van der Waals surface area (Å²) < 4.78 is 18.8. The molecule has 1 aromatic carbocycles. The maximum Gasteiger partial charge on any atom is 0.340 e. The largest absolute Gasteiger partial charge is 0.465 e. The van der Waals surface area contributed by atoms with Crippen molar-refractivity contribution in [2.24, 2.45) is 0 Å². The average molecular weight is 312 g/mol. The Labute approximate surface area is 128 Å². The van der Waals surface area contributed by atoms with Crippen LogP contribution < -0.4 is 11.1 Å². The summed E-state index contributed by atoms with van der Waals surface area (Å²) in [4.78, 5) is 11.7. The number of benzene rings is 1. The zero-order chi connectivity index (χ0) is 15.4. The number of hydrogen-bond donors (Lipinski definition) is 2. The zero-order valence-corrected chi connectivity index (χ0v) is 13.1. The fourth-order valence-electron chi connectivity index (χ4n) is 2.73. The number of nitrogens with one attached hydrogen (secondary N) is 1. The van der Waals surface area contributed by atoms with Crippen LogP contribution in [0, 0.1) is 5.82 Å². The third kappa shape index (κ3) is 3.61. The lowest BCUT2D eigenvalue weighted by molar-refractivity contribution is 0.0602. The van der Waals surface area contributed by atoms with Crippen molar-refractivity contribution in [2.75, 3.05) is 24.4 Å². The highest BCUT2D eigenvalue weighted by Gasteiger charge is 2.25. The van der Waals surface area contributed by atoms with E-state index < -0.39 is 11.8 Å². The van der Waals surface area contributed by atoms with Crippen molar-refractivity contribution >= 4 is 29.1 Å². The van der Waals surface area contributed by atoms with E-state index in [1.54, 1.807) is 11.8 Å². The molecule has 4 nitrogen and oxygen atoms in total. The van der Waals surface area contributed by atoms with E-state index in [4.69, 9.17) is 5.73 Å². The van der Waals surface area contributed by atoms with Crippen LogP contribution in [0.2, 0.25) is 0 Å². The van der Waals surface area contributed by atoms with Crippen molar-refractivity contribution in [2.45, 2.75) is 37.0 Å². The standard InChI is InChI=1S/C15H21FN2O2S/c1-20-15(19)9-7-13(10(16)8-11(9)17)18-12-5-3-4-6-14(12)21-2/h7-8,12,14,18H,3-6,17H2,1-2H3. The Kier molecular flexibility index (Phi) is 5.33. The van der Waals surface area contributed by atoms with Gasteiger partial charge >= 0.3 is 5.97 Å². The lowest BCUT2D eigenvalue weighted by Crippen LogP contribution is -2.34. The molecule has 3 N–H and O–H groups in total. The molecule has 21 heavy (non-hydrogen) atoms. The van der Waals surface area contributed by atoms with Crippen LogP contribution in [0.1, 0.15) is 36.0 Å². The van der Waals surface area contributed by atoms with Crippen molar-refractivity contribution in [1.82, 2.24) is 0 Å². The van der Waals surface area contributed by atoms with Crippen molar-refractivity contribution in [3.8, 4) is 0 Å². The Morgan fingerprint density at radius 2 is 2.14 bits per heavy atom. The molecule has 1 fully saturated rings. The molecule has 1 aromatic rings. The maximum atomic E-state index is 14.1. The van der Waals surface area contributed by atoms with Crippen molar-refractivity contribution in [3.63, 3.8) is 0 Å². The summed E-state index contributed by atoms with van der Waals surface area (Å²) >= 11 is 1.80. The molecule has 2 rings (SSSR count). The van der Waals surface area contributed by atoms with Gasteiger partial charge in [0.05, 0.1) is 18.4 Å². The van der Waals surface area contributed by atoms with Gasteiger partial charge in [0.1, 0.15) is 5.82 Å². The number of anilines is 2. The Balaban J connectivity index is 2.24. The van der Waals surface area contributed by atoms with Gasteiger partial charge < -0.3 is 15.8 Å². The number of hydrogen-bond acceptors (Lipinski definition) is 5. The number of nitrogens with two attached hydrogens (primary N) is 1. The van der Waals surface area contributed by atoms with Crippen LogP contribution in [0.15, 0.2) is 12.1 Å². The van der Waals surface area contributed by atoms with Crippen LogP contribution in [0.4, 0.5) is 15.8 Å². The summed E-state index contributed by atoms with van der Waals surface area (Å²) in [7, 11) is 1.28. The second kappa shape index (κ2) is 7.02. The number of ether oxygens (including phenoxy) is 1. The molecule has 2 unspecified atom stereocenters. The van der Waals surface area contributed by atoms with E-state index in [0.717, 1.165) is 19.3 Å². The van der Waals surface area contributed by atoms with Gasteiger partial charge in [0.2, 0.25) is 0 Å². The molecule has 1 saturated carbocycles. The third-order valence-corrected chi connectivity index (χ3v) is 5.06. The van der Waals surface area contributed by atoms with E-state index >= 15 is 0 Å². The highest BCUT2D eigenvalue weighted by atomic mass is 32.2. The van der Waals surface area contributed by atoms with Crippen molar-refractivity contribution in [1.29, 1.82) is 0 Å². The van der Waals surface area contributed by atoms with Crippen molar-refractivity contribution < 1.29 is 13.9 Å². The van der Waals surface area contributed by atoms with Crippen LogP contribution in [-0.4, -0.2) is 30.6 Å². The molecule has 0 heterocycles. The number of esters is 1. The first kappa shape index (κ1) is 15.9. The minimum atomic E-state index is -0.555. The number of methoxy groups -OCH3 is 1. The number of nitrogen functional groups attached to an aromatic ring is 1. The molecular weight excluding hydrogens is 291 g/mol. The second-order valence-electron chi connectivity index (χ2n) is 5.22. The van der Waals surface area contributed by atoms with E-state index in [-0.39, 0.29) is 17.3 Å². The number of thioether (sulfide) groups is 1. The second-order valence-corrected chi connectivity index (χ2v) is 6.30. The third-order valence-electron chi connectivity index (χ3n) is 3.89. The van der Waals surface area contributed by atoms with Gasteiger partial charge in [-0.1, -0.05) is 12.8 Å². The Morgan fingerprint density at radius 3 is 2.81 bits per heavy atom. The highest BCUT2D eigenvalue weighted by molar-refractivity contribution is 7.99. The monoisotopic (exact) mass is 312 g/mol. The van der Waals surface area contributed by atoms with Gasteiger partial charge in [-0.3, -0.25) is 0 Å². The van der Waals surface area contributed by atoms with E-state index in [0.29, 0.717) is 10.9 Å². The highest BCUT2D eigenvalue weighted by Crippen LogP contribution is 2.31. The van der Waals surface area contributed by atoms with Gasteiger partial charge in [-0.05, 0) is 31.2 Å². The first-order valence-corrected chi connectivity index (χ1v) is 8.32. The van der Waals surface area contributed by atoms with Crippen LogP contribution >= 0.6 is 11.8 Å². The average Bonchev–Trinajstić information content (AvgIpc) is 2.49. The smallest absolute Gasteiger partial charge is 0.340 e. The zero-order valence-electron chi connectivity index (χ0n) is 12.3. The normalized spacial score (nSPS) is 21.9. The summed E-state index contributed by atoms with van der Waals surface area (Å²) in [5.74, 6) is -0.994. The molecule has 2 atom stereocenters. The van der Waals surface area contributed by atoms with Gasteiger partial charge in [-0.15, -0.1) is 0 Å². The molecule has 0 saturated heterocycles. The molecule has 0 spiro atoms. The Bertz CT molecular complexity index is 525. The molecule has 0 bridgehead atoms. The van der Waals surface area contributed by atoms with Crippen LogP contribution in [0.25, 0.3) is 0 Å². The lowest BCUT2D eigenvalue weighted by atomic mass is 9.94. The minimum absolute atomic E-state index is 0.0926. The number of rotatable bonds is 4. The molecule has 0 amide bonds. The molecular formula is C15H21FN2O2S. The van der Waals surface area contributed by atoms with Gasteiger partial charge in [0, 0.05) is 17.0 Å². The van der Waals surface area contributed by atoms with Crippen LogP contribution in [-0.2, 0) is 4.74 Å². The first-order valence-electron chi connectivity index (χ1n) is 7.03. The molecule has 1 aliphatic carbocycles. The number of carbonyl (C=O) groups excluding carboxylic acids is 1.